The van der Waals surface area contributed by atoms with Gasteiger partial charge in [0.1, 0.15) is 5.82 Å². The number of rotatable bonds is 2. The van der Waals surface area contributed by atoms with Crippen molar-refractivity contribution >= 4 is 11.6 Å². The topological polar surface area (TPSA) is 20.2 Å². The molecule has 0 unspecified atom stereocenters. The molecule has 0 aliphatic rings. The van der Waals surface area contributed by atoms with Gasteiger partial charge >= 0.3 is 0 Å². The molecule has 0 saturated heterocycles. The SMILES string of the molecule is CC(C)(CO)c1ccc(F)c(Cl)c1. The molecule has 1 nitrogen and oxygen atoms in total. The fourth-order valence-electron chi connectivity index (χ4n) is 1.01. The van der Waals surface area contributed by atoms with E-state index in [9.17, 15) is 4.39 Å². The fraction of sp³-hybridized carbons (Fsp3) is 0.400. The van der Waals surface area contributed by atoms with Crippen LogP contribution in [0.5, 0.6) is 0 Å². The predicted octanol–water partition coefficient (Wildman–Crippen LogP) is 2.75. The van der Waals surface area contributed by atoms with Crippen molar-refractivity contribution in [2.24, 2.45) is 0 Å². The second-order valence-electron chi connectivity index (χ2n) is 3.67. The van der Waals surface area contributed by atoms with Gasteiger partial charge in [0.25, 0.3) is 0 Å². The molecule has 3 heteroatoms. The summed E-state index contributed by atoms with van der Waals surface area (Å²) in [4.78, 5) is 0. The van der Waals surface area contributed by atoms with Gasteiger partial charge in [0.15, 0.2) is 0 Å². The highest BCUT2D eigenvalue weighted by Crippen LogP contribution is 2.26. The Morgan fingerprint density at radius 3 is 2.54 bits per heavy atom. The monoisotopic (exact) mass is 202 g/mol. The lowest BCUT2D eigenvalue weighted by molar-refractivity contribution is 0.218. The zero-order chi connectivity index (χ0) is 10.1. The van der Waals surface area contributed by atoms with Crippen LogP contribution in [0.15, 0.2) is 18.2 Å². The van der Waals surface area contributed by atoms with Gasteiger partial charge in [0.2, 0.25) is 0 Å². The Morgan fingerprint density at radius 2 is 2.08 bits per heavy atom. The molecule has 0 aliphatic carbocycles. The Labute approximate surface area is 82.2 Å². The summed E-state index contributed by atoms with van der Waals surface area (Å²) in [6.45, 7) is 3.75. The number of hydrogen-bond donors (Lipinski definition) is 1. The minimum atomic E-state index is -0.431. The molecular weight excluding hydrogens is 191 g/mol. The van der Waals surface area contributed by atoms with Crippen molar-refractivity contribution in [2.45, 2.75) is 19.3 Å². The lowest BCUT2D eigenvalue weighted by Crippen LogP contribution is -2.21. The number of aliphatic hydroxyl groups excluding tert-OH is 1. The highest BCUT2D eigenvalue weighted by atomic mass is 35.5. The molecule has 0 bridgehead atoms. The van der Waals surface area contributed by atoms with Gasteiger partial charge in [-0.2, -0.15) is 0 Å². The van der Waals surface area contributed by atoms with Crippen LogP contribution in [0.3, 0.4) is 0 Å². The molecule has 1 aromatic rings. The van der Waals surface area contributed by atoms with Gasteiger partial charge in [-0.25, -0.2) is 4.39 Å². The Kier molecular flexibility index (Phi) is 2.94. The maximum Gasteiger partial charge on any atom is 0.141 e. The van der Waals surface area contributed by atoms with Crippen LogP contribution in [0.1, 0.15) is 19.4 Å². The minimum Gasteiger partial charge on any atom is -0.395 e. The van der Waals surface area contributed by atoms with Crippen molar-refractivity contribution in [3.05, 3.63) is 34.6 Å². The van der Waals surface area contributed by atoms with Crippen molar-refractivity contribution in [1.29, 1.82) is 0 Å². The quantitative estimate of drug-likeness (QED) is 0.782. The van der Waals surface area contributed by atoms with Gasteiger partial charge in [-0.3, -0.25) is 0 Å². The number of benzene rings is 1. The van der Waals surface area contributed by atoms with Crippen LogP contribution in [-0.4, -0.2) is 11.7 Å². The first-order chi connectivity index (χ1) is 5.97. The van der Waals surface area contributed by atoms with Crippen LogP contribution < -0.4 is 0 Å². The van der Waals surface area contributed by atoms with Gasteiger partial charge in [-0.05, 0) is 17.7 Å². The number of halogens is 2. The van der Waals surface area contributed by atoms with Gasteiger partial charge in [0.05, 0.1) is 11.6 Å². The Bertz CT molecular complexity index is 310. The molecule has 0 heterocycles. The van der Waals surface area contributed by atoms with E-state index in [4.69, 9.17) is 16.7 Å². The zero-order valence-corrected chi connectivity index (χ0v) is 8.40. The Hall–Kier alpha value is -0.600. The molecule has 1 N–H and O–H groups in total. The molecule has 0 radical (unpaired) electrons. The van der Waals surface area contributed by atoms with Gasteiger partial charge in [-0.15, -0.1) is 0 Å². The smallest absolute Gasteiger partial charge is 0.141 e. The van der Waals surface area contributed by atoms with Crippen LogP contribution in [0, 0.1) is 5.82 Å². The van der Waals surface area contributed by atoms with Gasteiger partial charge in [0, 0.05) is 5.41 Å². The summed E-state index contributed by atoms with van der Waals surface area (Å²) in [5, 5.41) is 9.17. The van der Waals surface area contributed by atoms with Crippen LogP contribution in [-0.2, 0) is 5.41 Å². The summed E-state index contributed by atoms with van der Waals surface area (Å²) in [7, 11) is 0. The van der Waals surface area contributed by atoms with E-state index in [1.54, 1.807) is 12.1 Å². The van der Waals surface area contributed by atoms with Crippen molar-refractivity contribution in [1.82, 2.24) is 0 Å². The van der Waals surface area contributed by atoms with E-state index in [1.807, 2.05) is 13.8 Å². The first-order valence-electron chi connectivity index (χ1n) is 4.04. The first kappa shape index (κ1) is 10.5. The highest BCUT2D eigenvalue weighted by molar-refractivity contribution is 6.30. The van der Waals surface area contributed by atoms with E-state index in [-0.39, 0.29) is 17.0 Å². The number of aliphatic hydroxyl groups is 1. The van der Waals surface area contributed by atoms with Crippen molar-refractivity contribution in [3.8, 4) is 0 Å². The molecule has 1 aromatic carbocycles. The molecule has 0 atom stereocenters. The fourth-order valence-corrected chi connectivity index (χ4v) is 1.19. The molecule has 1 rings (SSSR count). The predicted molar refractivity (Wildman–Crippen MR) is 51.5 cm³/mol. The molecule has 0 saturated carbocycles. The maximum absolute atomic E-state index is 12.8. The Balaban J connectivity index is 3.10. The molecule has 0 aromatic heterocycles. The average molecular weight is 203 g/mol. The van der Waals surface area contributed by atoms with Crippen molar-refractivity contribution < 1.29 is 9.50 Å². The molecule has 13 heavy (non-hydrogen) atoms. The van der Waals surface area contributed by atoms with E-state index < -0.39 is 5.82 Å². The third-order valence-corrected chi connectivity index (χ3v) is 2.39. The first-order valence-corrected chi connectivity index (χ1v) is 4.41. The van der Waals surface area contributed by atoms with Crippen LogP contribution in [0.25, 0.3) is 0 Å². The third kappa shape index (κ3) is 2.20. The van der Waals surface area contributed by atoms with Crippen LogP contribution in [0.4, 0.5) is 4.39 Å². The summed E-state index contributed by atoms with van der Waals surface area (Å²) in [5.74, 6) is -0.431. The summed E-state index contributed by atoms with van der Waals surface area (Å²) in [5.41, 5.74) is 0.457. The van der Waals surface area contributed by atoms with E-state index in [0.29, 0.717) is 0 Å². The van der Waals surface area contributed by atoms with Crippen molar-refractivity contribution in [3.63, 3.8) is 0 Å². The molecule has 0 aliphatic heterocycles. The summed E-state index contributed by atoms with van der Waals surface area (Å²) in [6.07, 6.45) is 0. The normalized spacial score (nSPS) is 11.8. The maximum atomic E-state index is 12.8. The van der Waals surface area contributed by atoms with Crippen LogP contribution >= 0.6 is 11.6 Å². The standard InChI is InChI=1S/C10H12ClFO/c1-10(2,6-13)7-3-4-9(12)8(11)5-7/h3-5,13H,6H2,1-2H3. The molecular formula is C10H12ClFO. The highest BCUT2D eigenvalue weighted by Gasteiger charge is 2.20. The molecule has 0 amide bonds. The Morgan fingerprint density at radius 1 is 1.46 bits per heavy atom. The molecule has 72 valence electrons. The van der Waals surface area contributed by atoms with E-state index in [2.05, 4.69) is 0 Å². The van der Waals surface area contributed by atoms with Gasteiger partial charge < -0.3 is 5.11 Å². The minimum absolute atomic E-state index is 0.00889. The van der Waals surface area contributed by atoms with E-state index >= 15 is 0 Å². The molecule has 0 fully saturated rings. The summed E-state index contributed by atoms with van der Waals surface area (Å²) >= 11 is 5.62. The lowest BCUT2D eigenvalue weighted by atomic mass is 9.86. The van der Waals surface area contributed by atoms with E-state index in [1.165, 1.54) is 6.07 Å². The largest absolute Gasteiger partial charge is 0.395 e. The lowest BCUT2D eigenvalue weighted by Gasteiger charge is -2.22. The zero-order valence-electron chi connectivity index (χ0n) is 7.64. The second kappa shape index (κ2) is 3.64. The van der Waals surface area contributed by atoms with E-state index in [0.717, 1.165) is 5.56 Å². The van der Waals surface area contributed by atoms with Gasteiger partial charge in [-0.1, -0.05) is 31.5 Å². The summed E-state index contributed by atoms with van der Waals surface area (Å²) < 4.78 is 12.8. The second-order valence-corrected chi connectivity index (χ2v) is 4.08. The summed E-state index contributed by atoms with van der Waals surface area (Å²) in [6, 6.07) is 4.50. The van der Waals surface area contributed by atoms with Crippen molar-refractivity contribution in [2.75, 3.05) is 6.61 Å². The average Bonchev–Trinajstić information content (AvgIpc) is 2.09. The van der Waals surface area contributed by atoms with Crippen LogP contribution in [0.2, 0.25) is 5.02 Å². The number of hydrogen-bond acceptors (Lipinski definition) is 1. The molecule has 0 spiro atoms. The third-order valence-electron chi connectivity index (χ3n) is 2.10.